The van der Waals surface area contributed by atoms with Crippen molar-refractivity contribution in [2.24, 2.45) is 0 Å². The van der Waals surface area contributed by atoms with E-state index in [2.05, 4.69) is 95.3 Å². The maximum atomic E-state index is 5.22. The van der Waals surface area contributed by atoms with E-state index in [9.17, 15) is 0 Å². The van der Waals surface area contributed by atoms with Gasteiger partial charge in [0, 0.05) is 34.2 Å². The second-order valence-corrected chi connectivity index (χ2v) is 10.8. The Morgan fingerprint density at radius 1 is 0.581 bits per heavy atom. The molecule has 0 saturated carbocycles. The molecule has 231 valence electrons. The summed E-state index contributed by atoms with van der Waals surface area (Å²) in [5.74, 6) is 0. The molecule has 0 unspecified atom stereocenters. The van der Waals surface area contributed by atoms with Gasteiger partial charge in [-0.05, 0) is 116 Å². The normalized spacial score (nSPS) is 12.0. The molecule has 4 nitrogen and oxygen atoms in total. The molecule has 7 heteroatoms. The minimum atomic E-state index is 0. The standard InChI is InChI=1S/C36H46N4.2ClH.Mn/c1-9-22-19-25-20-23-17-18-24(37-23)21-32-26(10-2)29(13-5)36(40(32)16-8)31(15-7)35-28(12-4)27(11-3)34(39-35)30(14-6)33(22)38-25;;;/h17-21,39H,9-16H2,1-8H3;2*1H;/q;;;+2/p-2. The van der Waals surface area contributed by atoms with Crippen LogP contribution in [-0.4, -0.2) is 19.5 Å². The fourth-order valence-electron chi connectivity index (χ4n) is 7.09. The summed E-state index contributed by atoms with van der Waals surface area (Å²) in [6, 6.07) is 4.45. The molecule has 1 radical (unpaired) electrons. The van der Waals surface area contributed by atoms with Crippen LogP contribution in [0, 0.1) is 0 Å². The Kier molecular flexibility index (Phi) is 13.4. The molecule has 8 bridgehead atoms. The molecule has 2 aliphatic heterocycles. The van der Waals surface area contributed by atoms with Crippen molar-refractivity contribution in [2.45, 2.75) is 107 Å². The van der Waals surface area contributed by atoms with Gasteiger partial charge in [0.05, 0.1) is 22.8 Å². The van der Waals surface area contributed by atoms with Crippen molar-refractivity contribution in [3.05, 3.63) is 68.3 Å². The van der Waals surface area contributed by atoms with Gasteiger partial charge in [0.2, 0.25) is 0 Å². The molecule has 3 aromatic heterocycles. The van der Waals surface area contributed by atoms with Gasteiger partial charge in [0.1, 0.15) is 0 Å². The van der Waals surface area contributed by atoms with Crippen LogP contribution in [0.15, 0.2) is 12.1 Å². The number of hydrogen-bond acceptors (Lipinski definition) is 2. The maximum Gasteiger partial charge on any atom is 2.00 e. The molecule has 0 fully saturated rings. The number of aryl methyl sites for hydroxylation is 7. The van der Waals surface area contributed by atoms with Gasteiger partial charge < -0.3 is 34.4 Å². The molecule has 0 aromatic carbocycles. The minimum absolute atomic E-state index is 0. The molecule has 43 heavy (non-hydrogen) atoms. The summed E-state index contributed by atoms with van der Waals surface area (Å²) in [5, 5.41) is 0. The van der Waals surface area contributed by atoms with Gasteiger partial charge in [-0.3, -0.25) is 0 Å². The second kappa shape index (κ2) is 15.6. The third kappa shape index (κ3) is 6.29. The first kappa shape index (κ1) is 36.9. The van der Waals surface area contributed by atoms with E-state index in [4.69, 9.17) is 9.97 Å². The number of aromatic amines is 1. The van der Waals surface area contributed by atoms with Crippen molar-refractivity contribution in [1.82, 2.24) is 19.5 Å². The van der Waals surface area contributed by atoms with Crippen molar-refractivity contribution in [3.63, 3.8) is 0 Å². The first-order valence-corrected chi connectivity index (χ1v) is 15.7. The van der Waals surface area contributed by atoms with E-state index in [1.807, 2.05) is 0 Å². The van der Waals surface area contributed by atoms with Crippen LogP contribution < -0.4 is 24.8 Å². The van der Waals surface area contributed by atoms with Crippen LogP contribution in [0.3, 0.4) is 0 Å². The minimum Gasteiger partial charge on any atom is -1.00 e. The Bertz CT molecular complexity index is 1690. The molecule has 5 heterocycles. The number of fused-ring (bicyclic) bond motifs is 8. The van der Waals surface area contributed by atoms with Crippen molar-refractivity contribution >= 4 is 45.9 Å². The molecular weight excluding hydrogens is 614 g/mol. The molecule has 5 rings (SSSR count). The summed E-state index contributed by atoms with van der Waals surface area (Å²) in [5.41, 5.74) is 19.4. The van der Waals surface area contributed by atoms with E-state index in [0.29, 0.717) is 0 Å². The van der Waals surface area contributed by atoms with E-state index in [-0.39, 0.29) is 41.9 Å². The third-order valence-electron chi connectivity index (χ3n) is 8.86. The molecule has 2 aliphatic rings. The number of allylic oxidation sites excluding steroid dienone is 1. The van der Waals surface area contributed by atoms with E-state index in [0.717, 1.165) is 74.3 Å². The van der Waals surface area contributed by atoms with Crippen LogP contribution in [0.1, 0.15) is 118 Å². The summed E-state index contributed by atoms with van der Waals surface area (Å²) < 4.78 is 2.57. The second-order valence-electron chi connectivity index (χ2n) is 10.8. The first-order valence-electron chi connectivity index (χ1n) is 15.7. The molecule has 0 spiro atoms. The summed E-state index contributed by atoms with van der Waals surface area (Å²) in [6.45, 7) is 19.3. The van der Waals surface area contributed by atoms with E-state index >= 15 is 0 Å². The van der Waals surface area contributed by atoms with Crippen molar-refractivity contribution in [2.75, 3.05) is 0 Å². The van der Waals surface area contributed by atoms with Gasteiger partial charge in [-0.15, -0.1) is 0 Å². The molecule has 0 atom stereocenters. The van der Waals surface area contributed by atoms with Crippen molar-refractivity contribution in [1.29, 1.82) is 0 Å². The average molecular weight is 661 g/mol. The Morgan fingerprint density at radius 3 is 1.63 bits per heavy atom. The number of nitrogens with zero attached hydrogens (tertiary/aromatic N) is 3. The number of H-pyrrole nitrogens is 1. The average Bonchev–Trinajstić information content (AvgIpc) is 3.73. The van der Waals surface area contributed by atoms with Crippen LogP contribution >= 0.6 is 0 Å². The predicted molar refractivity (Wildman–Crippen MR) is 174 cm³/mol. The van der Waals surface area contributed by atoms with Gasteiger partial charge in [0.25, 0.3) is 0 Å². The van der Waals surface area contributed by atoms with E-state index < -0.39 is 0 Å². The first-order chi connectivity index (χ1) is 19.5. The maximum absolute atomic E-state index is 5.22. The third-order valence-corrected chi connectivity index (χ3v) is 8.86. The monoisotopic (exact) mass is 659 g/mol. The number of hydrogen-bond donors (Lipinski definition) is 1. The van der Waals surface area contributed by atoms with Gasteiger partial charge in [-0.1, -0.05) is 48.5 Å². The molecule has 3 aromatic rings. The number of nitrogens with one attached hydrogen (secondary N) is 1. The van der Waals surface area contributed by atoms with Crippen LogP contribution in [0.25, 0.3) is 45.9 Å². The quantitative estimate of drug-likeness (QED) is 0.295. The van der Waals surface area contributed by atoms with Crippen LogP contribution in [0.5, 0.6) is 0 Å². The Morgan fingerprint density at radius 2 is 1.12 bits per heavy atom. The molecule has 0 aliphatic carbocycles. The van der Waals surface area contributed by atoms with Crippen molar-refractivity contribution < 1.29 is 41.9 Å². The Labute approximate surface area is 281 Å². The largest absolute Gasteiger partial charge is 2.00 e. The van der Waals surface area contributed by atoms with Gasteiger partial charge >= 0.3 is 17.1 Å². The SMILES string of the molecule is CCC1=Cc2cc3nc(cc4c(CC)c(CC)c(c(CC)c5[nH]c(c(CC)c1n2)c(CC)c5CC)n4CC)C=C3.[Cl-].[Cl-].[Mn+2]. The Balaban J connectivity index is 0.00000215. The number of rotatable bonds is 8. The fraction of sp³-hybridized carbons (Fsp3) is 0.444. The molecule has 0 saturated heterocycles. The summed E-state index contributed by atoms with van der Waals surface area (Å²) in [4.78, 5) is 14.3. The van der Waals surface area contributed by atoms with Crippen LogP contribution in [0.4, 0.5) is 0 Å². The van der Waals surface area contributed by atoms with Gasteiger partial charge in [-0.25, -0.2) is 9.97 Å². The zero-order valence-corrected chi connectivity index (χ0v) is 29.7. The Hall–Kier alpha value is -2.30. The van der Waals surface area contributed by atoms with Crippen molar-refractivity contribution in [3.8, 4) is 0 Å². The molecule has 1 N–H and O–H groups in total. The summed E-state index contributed by atoms with van der Waals surface area (Å²) in [6.07, 6.45) is 13.5. The smallest absolute Gasteiger partial charge is 1.00 e. The van der Waals surface area contributed by atoms with Crippen LogP contribution in [-0.2, 0) is 62.1 Å². The molecule has 0 amide bonds. The predicted octanol–water partition coefficient (Wildman–Crippen LogP) is 3.31. The van der Waals surface area contributed by atoms with E-state index in [1.165, 1.54) is 61.0 Å². The summed E-state index contributed by atoms with van der Waals surface area (Å²) in [7, 11) is 0. The summed E-state index contributed by atoms with van der Waals surface area (Å²) >= 11 is 0. The number of aromatic nitrogens is 4. The van der Waals surface area contributed by atoms with Gasteiger partial charge in [0.15, 0.2) is 0 Å². The molecular formula is C36H46Cl2MnN4. The fourth-order valence-corrected chi connectivity index (χ4v) is 7.09. The zero-order chi connectivity index (χ0) is 28.6. The number of halogens is 2. The zero-order valence-electron chi connectivity index (χ0n) is 27.0. The van der Waals surface area contributed by atoms with Crippen LogP contribution in [0.2, 0.25) is 0 Å². The topological polar surface area (TPSA) is 46.5 Å². The van der Waals surface area contributed by atoms with E-state index in [1.54, 1.807) is 0 Å². The van der Waals surface area contributed by atoms with Gasteiger partial charge in [-0.2, -0.15) is 0 Å².